The van der Waals surface area contributed by atoms with Crippen molar-refractivity contribution in [3.05, 3.63) is 17.7 Å². The highest BCUT2D eigenvalue weighted by atomic mass is 16.5. The molecule has 2 unspecified atom stereocenters. The molecule has 1 amide bonds. The molecule has 0 aliphatic carbocycles. The molecule has 1 saturated heterocycles. The number of H-pyrrole nitrogens is 1. The molecule has 1 aromatic heterocycles. The number of hydrogen-bond acceptors (Lipinski definition) is 4. The molecule has 1 fully saturated rings. The van der Waals surface area contributed by atoms with Crippen molar-refractivity contribution in [2.45, 2.75) is 25.5 Å². The SMILES string of the molecule is CC1OCCC1NC(=O)c1nc[nH]c1C(=O)O. The third-order valence-electron chi connectivity index (χ3n) is 2.76. The van der Waals surface area contributed by atoms with Crippen LogP contribution in [0.3, 0.4) is 0 Å². The lowest BCUT2D eigenvalue weighted by atomic mass is 10.1. The molecule has 7 nitrogen and oxygen atoms in total. The smallest absolute Gasteiger partial charge is 0.354 e. The highest BCUT2D eigenvalue weighted by Crippen LogP contribution is 2.13. The van der Waals surface area contributed by atoms with Crippen LogP contribution in [0.4, 0.5) is 0 Å². The van der Waals surface area contributed by atoms with Gasteiger partial charge in [0.05, 0.1) is 18.5 Å². The Hall–Kier alpha value is -1.89. The second-order valence-electron chi connectivity index (χ2n) is 3.88. The van der Waals surface area contributed by atoms with Crippen LogP contribution in [0.2, 0.25) is 0 Å². The van der Waals surface area contributed by atoms with Crippen LogP contribution in [-0.2, 0) is 4.74 Å². The fraction of sp³-hybridized carbons (Fsp3) is 0.500. The van der Waals surface area contributed by atoms with Gasteiger partial charge in [-0.2, -0.15) is 0 Å². The van der Waals surface area contributed by atoms with Gasteiger partial charge in [-0.25, -0.2) is 9.78 Å². The van der Waals surface area contributed by atoms with E-state index in [1.807, 2.05) is 6.92 Å². The van der Waals surface area contributed by atoms with E-state index in [1.165, 1.54) is 6.33 Å². The predicted octanol–water partition coefficient (Wildman–Crippen LogP) is 0.0151. The highest BCUT2D eigenvalue weighted by Gasteiger charge is 2.28. The number of carbonyl (C=O) groups excluding carboxylic acids is 1. The van der Waals surface area contributed by atoms with Gasteiger partial charge in [-0.3, -0.25) is 4.79 Å². The van der Waals surface area contributed by atoms with E-state index in [9.17, 15) is 9.59 Å². The Balaban J connectivity index is 2.09. The molecular weight excluding hydrogens is 226 g/mol. The maximum absolute atomic E-state index is 11.8. The van der Waals surface area contributed by atoms with Gasteiger partial charge in [0.1, 0.15) is 0 Å². The molecule has 92 valence electrons. The molecule has 17 heavy (non-hydrogen) atoms. The summed E-state index contributed by atoms with van der Waals surface area (Å²) >= 11 is 0. The minimum absolute atomic E-state index is 0.0637. The Labute approximate surface area is 97.2 Å². The number of rotatable bonds is 3. The van der Waals surface area contributed by atoms with Gasteiger partial charge in [0.2, 0.25) is 0 Å². The van der Waals surface area contributed by atoms with Crippen molar-refractivity contribution in [3.8, 4) is 0 Å². The Morgan fingerprint density at radius 2 is 2.41 bits per heavy atom. The quantitative estimate of drug-likeness (QED) is 0.689. The van der Waals surface area contributed by atoms with Crippen LogP contribution in [0.5, 0.6) is 0 Å². The number of nitrogens with zero attached hydrogens (tertiary/aromatic N) is 1. The van der Waals surface area contributed by atoms with E-state index >= 15 is 0 Å². The van der Waals surface area contributed by atoms with E-state index in [1.54, 1.807) is 0 Å². The number of amides is 1. The maximum Gasteiger partial charge on any atom is 0.354 e. The molecule has 0 saturated carbocycles. The monoisotopic (exact) mass is 239 g/mol. The Morgan fingerprint density at radius 3 is 3.00 bits per heavy atom. The number of imidazole rings is 1. The molecule has 1 aliphatic heterocycles. The lowest BCUT2D eigenvalue weighted by molar-refractivity contribution is 0.0683. The second kappa shape index (κ2) is 4.54. The van der Waals surface area contributed by atoms with Gasteiger partial charge in [0.15, 0.2) is 11.4 Å². The van der Waals surface area contributed by atoms with Crippen molar-refractivity contribution in [2.24, 2.45) is 0 Å². The lowest BCUT2D eigenvalue weighted by Crippen LogP contribution is -2.39. The van der Waals surface area contributed by atoms with Crippen LogP contribution in [0.25, 0.3) is 0 Å². The van der Waals surface area contributed by atoms with Crippen molar-refractivity contribution in [1.82, 2.24) is 15.3 Å². The molecule has 0 bridgehead atoms. The largest absolute Gasteiger partial charge is 0.477 e. The number of hydrogen-bond donors (Lipinski definition) is 3. The van der Waals surface area contributed by atoms with E-state index in [0.717, 1.165) is 6.42 Å². The summed E-state index contributed by atoms with van der Waals surface area (Å²) in [6, 6.07) is -0.0964. The van der Waals surface area contributed by atoms with Gasteiger partial charge < -0.3 is 20.1 Å². The fourth-order valence-corrected chi connectivity index (χ4v) is 1.79. The molecule has 2 rings (SSSR count). The van der Waals surface area contributed by atoms with E-state index in [2.05, 4.69) is 15.3 Å². The average Bonchev–Trinajstić information content (AvgIpc) is 2.87. The average molecular weight is 239 g/mol. The van der Waals surface area contributed by atoms with E-state index in [-0.39, 0.29) is 23.5 Å². The summed E-state index contributed by atoms with van der Waals surface area (Å²) in [6.45, 7) is 2.46. The van der Waals surface area contributed by atoms with Crippen LogP contribution in [0.15, 0.2) is 6.33 Å². The summed E-state index contributed by atoms with van der Waals surface area (Å²) < 4.78 is 5.30. The summed E-state index contributed by atoms with van der Waals surface area (Å²) in [4.78, 5) is 28.8. The van der Waals surface area contributed by atoms with Crippen molar-refractivity contribution >= 4 is 11.9 Å². The molecule has 1 aliphatic rings. The van der Waals surface area contributed by atoms with Crippen molar-refractivity contribution in [2.75, 3.05) is 6.61 Å². The molecule has 2 heterocycles. The summed E-state index contributed by atoms with van der Waals surface area (Å²) in [5.74, 6) is -1.70. The molecule has 3 N–H and O–H groups in total. The molecule has 0 radical (unpaired) electrons. The molecule has 7 heteroatoms. The lowest BCUT2D eigenvalue weighted by Gasteiger charge is -2.15. The first-order chi connectivity index (χ1) is 8.09. The van der Waals surface area contributed by atoms with Gasteiger partial charge in [0, 0.05) is 6.61 Å². The topological polar surface area (TPSA) is 104 Å². The van der Waals surface area contributed by atoms with Crippen molar-refractivity contribution < 1.29 is 19.4 Å². The van der Waals surface area contributed by atoms with Gasteiger partial charge in [-0.15, -0.1) is 0 Å². The first-order valence-electron chi connectivity index (χ1n) is 5.28. The van der Waals surface area contributed by atoms with Gasteiger partial charge in [0.25, 0.3) is 5.91 Å². The maximum atomic E-state index is 11.8. The number of aromatic carboxylic acids is 1. The van der Waals surface area contributed by atoms with E-state index in [4.69, 9.17) is 9.84 Å². The Bertz CT molecular complexity index is 443. The first-order valence-corrected chi connectivity index (χ1v) is 5.28. The number of ether oxygens (including phenoxy) is 1. The molecular formula is C10H13N3O4. The zero-order valence-electron chi connectivity index (χ0n) is 9.27. The molecule has 0 aromatic carbocycles. The summed E-state index contributed by atoms with van der Waals surface area (Å²) in [5.41, 5.74) is -0.300. The molecule has 2 atom stereocenters. The zero-order chi connectivity index (χ0) is 12.4. The van der Waals surface area contributed by atoms with Crippen LogP contribution in [0.1, 0.15) is 34.3 Å². The number of nitrogens with one attached hydrogen (secondary N) is 2. The van der Waals surface area contributed by atoms with Crippen molar-refractivity contribution in [3.63, 3.8) is 0 Å². The Kier molecular flexibility index (Phi) is 3.10. The molecule has 1 aromatic rings. The van der Waals surface area contributed by atoms with Crippen molar-refractivity contribution in [1.29, 1.82) is 0 Å². The minimum Gasteiger partial charge on any atom is -0.477 e. The number of carbonyl (C=O) groups is 2. The van der Waals surface area contributed by atoms with E-state index in [0.29, 0.717) is 6.61 Å². The fourth-order valence-electron chi connectivity index (χ4n) is 1.79. The third kappa shape index (κ3) is 2.28. The highest BCUT2D eigenvalue weighted by molar-refractivity contribution is 6.02. The Morgan fingerprint density at radius 1 is 1.65 bits per heavy atom. The van der Waals surface area contributed by atoms with Gasteiger partial charge >= 0.3 is 5.97 Å². The minimum atomic E-state index is -1.21. The number of aromatic nitrogens is 2. The molecule has 0 spiro atoms. The van der Waals surface area contributed by atoms with Gasteiger partial charge in [-0.05, 0) is 13.3 Å². The standard InChI is InChI=1S/C10H13N3O4/c1-5-6(2-3-17-5)13-9(14)7-8(10(15)16)12-4-11-7/h4-6H,2-3H2,1H3,(H,11,12)(H,13,14)(H,15,16). The summed E-state index contributed by atoms with van der Waals surface area (Å²) in [7, 11) is 0. The number of carboxylic acids is 1. The number of aromatic amines is 1. The van der Waals surface area contributed by atoms with Crippen LogP contribution >= 0.6 is 0 Å². The second-order valence-corrected chi connectivity index (χ2v) is 3.88. The summed E-state index contributed by atoms with van der Waals surface area (Å²) in [5, 5.41) is 11.6. The van der Waals surface area contributed by atoms with E-state index < -0.39 is 11.9 Å². The third-order valence-corrected chi connectivity index (χ3v) is 2.76. The normalized spacial score (nSPS) is 23.6. The van der Waals surface area contributed by atoms with Crippen LogP contribution < -0.4 is 5.32 Å². The summed E-state index contributed by atoms with van der Waals surface area (Å²) in [6.07, 6.45) is 1.85. The predicted molar refractivity (Wildman–Crippen MR) is 56.8 cm³/mol. The zero-order valence-corrected chi connectivity index (χ0v) is 9.27. The number of carboxylic acid groups (broad SMARTS) is 1. The van der Waals surface area contributed by atoms with Crippen LogP contribution in [0, 0.1) is 0 Å². The van der Waals surface area contributed by atoms with Crippen LogP contribution in [-0.4, -0.2) is 45.7 Å². The van der Waals surface area contributed by atoms with Gasteiger partial charge in [-0.1, -0.05) is 0 Å². The first kappa shape index (κ1) is 11.6.